The zero-order valence-corrected chi connectivity index (χ0v) is 15.7. The van der Waals surface area contributed by atoms with Gasteiger partial charge in [-0.15, -0.1) is 0 Å². The van der Waals surface area contributed by atoms with Gasteiger partial charge >= 0.3 is 0 Å². The van der Waals surface area contributed by atoms with Crippen molar-refractivity contribution in [1.29, 1.82) is 0 Å². The highest BCUT2D eigenvalue weighted by molar-refractivity contribution is 6.03. The number of nitrogens with zero attached hydrogens (tertiary/aromatic N) is 5. The summed E-state index contributed by atoms with van der Waals surface area (Å²) in [5.41, 5.74) is 3.88. The molecule has 4 aromatic rings. The first-order valence-corrected chi connectivity index (χ1v) is 8.99. The Morgan fingerprint density at radius 2 is 1.89 bits per heavy atom. The average molecular weight is 376 g/mol. The van der Waals surface area contributed by atoms with Crippen LogP contribution in [0.3, 0.4) is 0 Å². The van der Waals surface area contributed by atoms with Crippen LogP contribution in [0, 0.1) is 6.92 Å². The monoisotopic (exact) mass is 376 g/mol. The first-order valence-electron chi connectivity index (χ1n) is 8.99. The summed E-state index contributed by atoms with van der Waals surface area (Å²) in [6.07, 6.45) is 7.15. The van der Waals surface area contributed by atoms with Gasteiger partial charge in [0.25, 0.3) is 5.91 Å². The summed E-state index contributed by atoms with van der Waals surface area (Å²) < 4.78 is 8.91. The summed E-state index contributed by atoms with van der Waals surface area (Å²) in [4.78, 5) is 12.4. The molecular formula is C20H20N6O2. The van der Waals surface area contributed by atoms with E-state index in [1.165, 1.54) is 0 Å². The maximum atomic E-state index is 12.4. The van der Waals surface area contributed by atoms with Gasteiger partial charge < -0.3 is 9.84 Å². The van der Waals surface area contributed by atoms with Gasteiger partial charge in [-0.3, -0.25) is 14.2 Å². The Morgan fingerprint density at radius 3 is 2.64 bits per heavy atom. The molecule has 0 aliphatic rings. The second-order valence-electron chi connectivity index (χ2n) is 6.53. The van der Waals surface area contributed by atoms with Gasteiger partial charge in [0.05, 0.1) is 24.6 Å². The van der Waals surface area contributed by atoms with Crippen molar-refractivity contribution >= 4 is 11.6 Å². The van der Waals surface area contributed by atoms with Gasteiger partial charge in [0, 0.05) is 36.1 Å². The fourth-order valence-corrected chi connectivity index (χ4v) is 2.79. The van der Waals surface area contributed by atoms with Crippen LogP contribution in [0.25, 0.3) is 11.3 Å². The topological polar surface area (TPSA) is 90.8 Å². The molecule has 0 unspecified atom stereocenters. The molecular weight excluding hydrogens is 356 g/mol. The van der Waals surface area contributed by atoms with E-state index >= 15 is 0 Å². The van der Waals surface area contributed by atoms with E-state index in [1.807, 2.05) is 55.2 Å². The van der Waals surface area contributed by atoms with Gasteiger partial charge in [-0.05, 0) is 13.8 Å². The molecule has 3 aromatic heterocycles. The van der Waals surface area contributed by atoms with Crippen LogP contribution < -0.4 is 5.32 Å². The minimum Gasteiger partial charge on any atom is -0.355 e. The van der Waals surface area contributed by atoms with Crippen LogP contribution in [0.1, 0.15) is 28.5 Å². The second kappa shape index (κ2) is 7.51. The Morgan fingerprint density at radius 1 is 1.11 bits per heavy atom. The highest BCUT2D eigenvalue weighted by Crippen LogP contribution is 2.21. The molecule has 1 aromatic carbocycles. The van der Waals surface area contributed by atoms with E-state index in [9.17, 15) is 4.79 Å². The number of benzene rings is 1. The number of amides is 1. The molecule has 0 atom stereocenters. The quantitative estimate of drug-likeness (QED) is 0.557. The summed E-state index contributed by atoms with van der Waals surface area (Å²) >= 11 is 0. The first-order chi connectivity index (χ1) is 13.6. The predicted octanol–water partition coefficient (Wildman–Crippen LogP) is 3.36. The molecule has 0 saturated heterocycles. The van der Waals surface area contributed by atoms with Gasteiger partial charge in [-0.1, -0.05) is 35.0 Å². The number of aromatic nitrogens is 5. The van der Waals surface area contributed by atoms with Crippen LogP contribution in [0.15, 0.2) is 59.6 Å². The molecule has 0 aliphatic heterocycles. The molecule has 0 radical (unpaired) electrons. The SMILES string of the molecule is CCn1cc(Cn2cc(NC(=O)c3cc(-c4ccc(C)cc4)on3)cn2)cn1. The molecule has 0 saturated carbocycles. The largest absolute Gasteiger partial charge is 0.355 e. The van der Waals surface area contributed by atoms with Gasteiger partial charge in [0.2, 0.25) is 0 Å². The Bertz CT molecular complexity index is 1090. The third kappa shape index (κ3) is 3.85. The fraction of sp³-hybridized carbons (Fsp3) is 0.200. The third-order valence-electron chi connectivity index (χ3n) is 4.33. The van der Waals surface area contributed by atoms with Crippen molar-refractivity contribution in [3.05, 3.63) is 71.9 Å². The summed E-state index contributed by atoms with van der Waals surface area (Å²) in [6, 6.07) is 9.46. The zero-order valence-electron chi connectivity index (χ0n) is 15.7. The Kier molecular flexibility index (Phi) is 4.76. The van der Waals surface area contributed by atoms with Gasteiger partial charge in [-0.25, -0.2) is 0 Å². The van der Waals surface area contributed by atoms with E-state index in [-0.39, 0.29) is 11.6 Å². The van der Waals surface area contributed by atoms with Crippen molar-refractivity contribution < 1.29 is 9.32 Å². The summed E-state index contributed by atoms with van der Waals surface area (Å²) in [5.74, 6) is 0.203. The lowest BCUT2D eigenvalue weighted by atomic mass is 10.1. The van der Waals surface area contributed by atoms with Crippen LogP contribution in [0.2, 0.25) is 0 Å². The van der Waals surface area contributed by atoms with Crippen molar-refractivity contribution in [3.63, 3.8) is 0 Å². The van der Waals surface area contributed by atoms with Crippen LogP contribution in [0.4, 0.5) is 5.69 Å². The molecule has 8 heteroatoms. The van der Waals surface area contributed by atoms with Crippen molar-refractivity contribution in [1.82, 2.24) is 24.7 Å². The molecule has 8 nitrogen and oxygen atoms in total. The van der Waals surface area contributed by atoms with Crippen molar-refractivity contribution in [2.75, 3.05) is 5.32 Å². The zero-order chi connectivity index (χ0) is 19.5. The Balaban J connectivity index is 1.41. The normalized spacial score (nSPS) is 10.9. The number of nitrogens with one attached hydrogen (secondary N) is 1. The smallest absolute Gasteiger partial charge is 0.277 e. The standard InChI is InChI=1S/C20H20N6O2/c1-3-25-11-15(9-21-25)12-26-13-17(10-22-26)23-20(27)18-8-19(28-24-18)16-6-4-14(2)5-7-16/h4-11,13H,3,12H2,1-2H3,(H,23,27). The molecule has 1 amide bonds. The van der Waals surface area contributed by atoms with E-state index < -0.39 is 0 Å². The molecule has 0 spiro atoms. The van der Waals surface area contributed by atoms with Gasteiger partial charge in [0.1, 0.15) is 0 Å². The van der Waals surface area contributed by atoms with Crippen LogP contribution in [-0.4, -0.2) is 30.6 Å². The highest BCUT2D eigenvalue weighted by Gasteiger charge is 2.15. The highest BCUT2D eigenvalue weighted by atomic mass is 16.5. The van der Waals surface area contributed by atoms with E-state index in [0.717, 1.165) is 23.2 Å². The molecule has 1 N–H and O–H groups in total. The maximum Gasteiger partial charge on any atom is 0.277 e. The summed E-state index contributed by atoms with van der Waals surface area (Å²) in [7, 11) is 0. The van der Waals surface area contributed by atoms with Crippen molar-refractivity contribution in [3.8, 4) is 11.3 Å². The lowest BCUT2D eigenvalue weighted by Crippen LogP contribution is -2.11. The number of hydrogen-bond acceptors (Lipinski definition) is 5. The van der Waals surface area contributed by atoms with Gasteiger partial charge in [0.15, 0.2) is 11.5 Å². The van der Waals surface area contributed by atoms with Crippen molar-refractivity contribution in [2.45, 2.75) is 26.9 Å². The molecule has 0 fully saturated rings. The predicted molar refractivity (Wildman–Crippen MR) is 104 cm³/mol. The maximum absolute atomic E-state index is 12.4. The minimum absolute atomic E-state index is 0.215. The molecule has 0 bridgehead atoms. The van der Waals surface area contributed by atoms with Crippen molar-refractivity contribution in [2.24, 2.45) is 0 Å². The lowest BCUT2D eigenvalue weighted by Gasteiger charge is -1.99. The molecule has 28 heavy (non-hydrogen) atoms. The molecule has 142 valence electrons. The van der Waals surface area contributed by atoms with Gasteiger partial charge in [-0.2, -0.15) is 10.2 Å². The summed E-state index contributed by atoms with van der Waals surface area (Å²) in [6.45, 7) is 5.45. The van der Waals surface area contributed by atoms with E-state index in [0.29, 0.717) is 18.0 Å². The van der Waals surface area contributed by atoms with Crippen LogP contribution in [0.5, 0.6) is 0 Å². The fourth-order valence-electron chi connectivity index (χ4n) is 2.79. The number of hydrogen-bond donors (Lipinski definition) is 1. The van der Waals surface area contributed by atoms with E-state index in [1.54, 1.807) is 23.1 Å². The average Bonchev–Trinajstić information content (AvgIpc) is 3.43. The second-order valence-corrected chi connectivity index (χ2v) is 6.53. The third-order valence-corrected chi connectivity index (χ3v) is 4.33. The molecule has 0 aliphatic carbocycles. The summed E-state index contributed by atoms with van der Waals surface area (Å²) in [5, 5.41) is 15.2. The Labute approximate surface area is 161 Å². The number of aryl methyl sites for hydroxylation is 2. The number of rotatable bonds is 6. The lowest BCUT2D eigenvalue weighted by molar-refractivity contribution is 0.101. The van der Waals surface area contributed by atoms with Crippen LogP contribution >= 0.6 is 0 Å². The Hall–Kier alpha value is -3.68. The minimum atomic E-state index is -0.347. The first kappa shape index (κ1) is 17.7. The molecule has 3 heterocycles. The number of carbonyl (C=O) groups excluding carboxylic acids is 1. The molecule has 4 rings (SSSR count). The van der Waals surface area contributed by atoms with Crippen LogP contribution in [-0.2, 0) is 13.1 Å². The van der Waals surface area contributed by atoms with E-state index in [2.05, 4.69) is 20.7 Å². The van der Waals surface area contributed by atoms with E-state index in [4.69, 9.17) is 4.52 Å². The number of carbonyl (C=O) groups is 1. The number of anilines is 1.